The van der Waals surface area contributed by atoms with E-state index >= 15 is 0 Å². The largest absolute Gasteiger partial charge is 0.484 e. The number of nitrogens with one attached hydrogen (secondary N) is 1. The zero-order chi connectivity index (χ0) is 20.3. The van der Waals surface area contributed by atoms with Gasteiger partial charge in [-0.1, -0.05) is 24.3 Å². The molecule has 0 spiro atoms. The van der Waals surface area contributed by atoms with E-state index in [1.165, 1.54) is 12.1 Å². The number of carbonyl (C=O) groups is 1. The van der Waals surface area contributed by atoms with Gasteiger partial charge in [-0.15, -0.1) is 0 Å². The molecule has 146 valence electrons. The maximum Gasteiger partial charge on any atom is 0.416 e. The smallest absolute Gasteiger partial charge is 0.416 e. The Morgan fingerprint density at radius 3 is 2.50 bits per heavy atom. The predicted molar refractivity (Wildman–Crippen MR) is 98.6 cm³/mol. The molecule has 0 radical (unpaired) electrons. The summed E-state index contributed by atoms with van der Waals surface area (Å²) >= 11 is 0. The van der Waals surface area contributed by atoms with Crippen LogP contribution in [0.5, 0.6) is 5.75 Å². The van der Waals surface area contributed by atoms with Gasteiger partial charge in [-0.2, -0.15) is 18.3 Å². The number of aryl methyl sites for hydroxylation is 1. The van der Waals surface area contributed by atoms with E-state index in [1.54, 1.807) is 11.6 Å². The fourth-order valence-corrected chi connectivity index (χ4v) is 2.73. The summed E-state index contributed by atoms with van der Waals surface area (Å²) in [6, 6.07) is 13.8. The number of alkyl halides is 3. The van der Waals surface area contributed by atoms with Gasteiger partial charge in [-0.3, -0.25) is 4.79 Å². The van der Waals surface area contributed by atoms with Crippen LogP contribution in [0.4, 0.5) is 18.9 Å². The summed E-state index contributed by atoms with van der Waals surface area (Å²) in [4.78, 5) is 12.2. The second kappa shape index (κ2) is 7.75. The van der Waals surface area contributed by atoms with Crippen molar-refractivity contribution in [3.05, 3.63) is 71.5 Å². The second-order valence-corrected chi connectivity index (χ2v) is 6.16. The molecule has 0 unspecified atom stereocenters. The Labute approximate surface area is 159 Å². The first-order chi connectivity index (χ1) is 13.3. The van der Waals surface area contributed by atoms with Gasteiger partial charge in [0.2, 0.25) is 0 Å². The van der Waals surface area contributed by atoms with E-state index in [0.717, 1.165) is 23.5 Å². The number of hydrogen-bond acceptors (Lipinski definition) is 3. The van der Waals surface area contributed by atoms with Gasteiger partial charge in [0.15, 0.2) is 6.61 Å². The van der Waals surface area contributed by atoms with Gasteiger partial charge in [-0.05, 0) is 44.2 Å². The topological polar surface area (TPSA) is 56.2 Å². The van der Waals surface area contributed by atoms with Crippen molar-refractivity contribution in [1.82, 2.24) is 9.78 Å². The molecule has 0 aliphatic rings. The summed E-state index contributed by atoms with van der Waals surface area (Å²) in [5.41, 5.74) is 1.91. The van der Waals surface area contributed by atoms with Crippen molar-refractivity contribution in [2.24, 2.45) is 0 Å². The fraction of sp³-hybridized carbons (Fsp3) is 0.200. The van der Waals surface area contributed by atoms with E-state index in [2.05, 4.69) is 10.4 Å². The van der Waals surface area contributed by atoms with Gasteiger partial charge < -0.3 is 10.1 Å². The number of hydrogen-bond donors (Lipinski definition) is 1. The third kappa shape index (κ3) is 4.33. The Kier molecular flexibility index (Phi) is 5.39. The third-order valence-electron chi connectivity index (χ3n) is 4.09. The average Bonchev–Trinajstić information content (AvgIpc) is 2.95. The lowest BCUT2D eigenvalue weighted by Crippen LogP contribution is -2.21. The number of anilines is 1. The lowest BCUT2D eigenvalue weighted by Gasteiger charge is -2.11. The molecule has 0 saturated heterocycles. The number of para-hydroxylation sites is 1. The maximum absolute atomic E-state index is 12.7. The Hall–Kier alpha value is -3.29. The van der Waals surface area contributed by atoms with Crippen molar-refractivity contribution < 1.29 is 22.7 Å². The van der Waals surface area contributed by atoms with E-state index in [9.17, 15) is 18.0 Å². The molecular weight excluding hydrogens is 371 g/mol. The van der Waals surface area contributed by atoms with E-state index in [-0.39, 0.29) is 5.75 Å². The molecule has 0 bridgehead atoms. The van der Waals surface area contributed by atoms with Gasteiger partial charge in [0.25, 0.3) is 5.91 Å². The molecule has 3 rings (SSSR count). The lowest BCUT2D eigenvalue weighted by atomic mass is 10.2. The Morgan fingerprint density at radius 1 is 1.11 bits per heavy atom. The minimum absolute atomic E-state index is 0.0293. The molecule has 0 fully saturated rings. The Bertz CT molecular complexity index is 982. The number of carbonyl (C=O) groups excluding carboxylic acids is 1. The minimum Gasteiger partial charge on any atom is -0.484 e. The summed E-state index contributed by atoms with van der Waals surface area (Å²) < 4.78 is 45.1. The monoisotopic (exact) mass is 389 g/mol. The van der Waals surface area contributed by atoms with E-state index < -0.39 is 24.3 Å². The van der Waals surface area contributed by atoms with Crippen molar-refractivity contribution in [3.63, 3.8) is 0 Å². The molecular formula is C20H18F3N3O2. The molecule has 1 amide bonds. The van der Waals surface area contributed by atoms with Crippen molar-refractivity contribution in [2.45, 2.75) is 20.0 Å². The first-order valence-electron chi connectivity index (χ1n) is 8.47. The summed E-state index contributed by atoms with van der Waals surface area (Å²) in [5, 5.41) is 7.14. The molecule has 1 N–H and O–H groups in total. The summed E-state index contributed by atoms with van der Waals surface area (Å²) in [6.45, 7) is 3.16. The number of ether oxygens (including phenoxy) is 1. The molecule has 1 heterocycles. The summed E-state index contributed by atoms with van der Waals surface area (Å²) in [7, 11) is 0. The highest BCUT2D eigenvalue weighted by Crippen LogP contribution is 2.31. The van der Waals surface area contributed by atoms with Gasteiger partial charge in [-0.25, -0.2) is 4.68 Å². The lowest BCUT2D eigenvalue weighted by molar-refractivity contribution is -0.137. The van der Waals surface area contributed by atoms with E-state index in [0.29, 0.717) is 11.4 Å². The quantitative estimate of drug-likeness (QED) is 0.698. The Balaban J connectivity index is 1.68. The number of aromatic nitrogens is 2. The summed E-state index contributed by atoms with van der Waals surface area (Å²) in [6.07, 6.45) is -4.47. The van der Waals surface area contributed by atoms with Crippen LogP contribution >= 0.6 is 0 Å². The zero-order valence-corrected chi connectivity index (χ0v) is 15.2. The first kappa shape index (κ1) is 19.5. The highest BCUT2D eigenvalue weighted by atomic mass is 19.4. The van der Waals surface area contributed by atoms with Gasteiger partial charge in [0.05, 0.1) is 28.3 Å². The number of benzene rings is 2. The molecule has 1 aromatic heterocycles. The molecule has 3 aromatic rings. The minimum atomic E-state index is -4.47. The van der Waals surface area contributed by atoms with Gasteiger partial charge >= 0.3 is 6.18 Å². The Morgan fingerprint density at radius 2 is 1.82 bits per heavy atom. The normalized spacial score (nSPS) is 11.3. The van der Waals surface area contributed by atoms with Crippen LogP contribution < -0.4 is 10.1 Å². The van der Waals surface area contributed by atoms with Gasteiger partial charge in [0.1, 0.15) is 5.75 Å². The molecule has 5 nitrogen and oxygen atoms in total. The van der Waals surface area contributed by atoms with Crippen LogP contribution in [0.2, 0.25) is 0 Å². The van der Waals surface area contributed by atoms with Crippen LogP contribution in [0, 0.1) is 13.8 Å². The van der Waals surface area contributed by atoms with Crippen molar-refractivity contribution >= 4 is 11.6 Å². The third-order valence-corrected chi connectivity index (χ3v) is 4.09. The van der Waals surface area contributed by atoms with Crippen molar-refractivity contribution in [3.8, 4) is 11.4 Å². The van der Waals surface area contributed by atoms with Crippen molar-refractivity contribution in [1.29, 1.82) is 0 Å². The second-order valence-electron chi connectivity index (χ2n) is 6.16. The van der Waals surface area contributed by atoms with Crippen LogP contribution in [0.15, 0.2) is 54.6 Å². The molecule has 0 saturated carbocycles. The number of rotatable bonds is 5. The molecule has 8 heteroatoms. The number of amides is 1. The first-order valence-corrected chi connectivity index (χ1v) is 8.47. The van der Waals surface area contributed by atoms with Crippen LogP contribution in [0.25, 0.3) is 5.69 Å². The molecule has 2 aromatic carbocycles. The predicted octanol–water partition coefficient (Wildman–Crippen LogP) is 4.53. The molecule has 0 atom stereocenters. The molecule has 0 aliphatic heterocycles. The fourth-order valence-electron chi connectivity index (χ4n) is 2.73. The molecule has 28 heavy (non-hydrogen) atoms. The highest BCUT2D eigenvalue weighted by molar-refractivity contribution is 5.93. The average molecular weight is 389 g/mol. The highest BCUT2D eigenvalue weighted by Gasteiger charge is 2.30. The van der Waals surface area contributed by atoms with Crippen LogP contribution in [0.1, 0.15) is 17.0 Å². The van der Waals surface area contributed by atoms with E-state index in [4.69, 9.17) is 4.74 Å². The van der Waals surface area contributed by atoms with Crippen LogP contribution in [-0.2, 0) is 11.0 Å². The number of halogens is 3. The van der Waals surface area contributed by atoms with Gasteiger partial charge in [0, 0.05) is 0 Å². The standard InChI is InChI=1S/C20H18F3N3O2/c1-13-19(14(2)26(25-13)16-8-4-3-5-9-16)24-18(27)12-28-17-10-6-7-15(11-17)20(21,22)23/h3-11H,12H2,1-2H3,(H,24,27). The SMILES string of the molecule is Cc1nn(-c2ccccc2)c(C)c1NC(=O)COc1cccc(C(F)(F)F)c1. The van der Waals surface area contributed by atoms with Crippen LogP contribution in [-0.4, -0.2) is 22.3 Å². The summed E-state index contributed by atoms with van der Waals surface area (Å²) in [5.74, 6) is -0.519. The number of nitrogens with zero attached hydrogens (tertiary/aromatic N) is 2. The van der Waals surface area contributed by atoms with Crippen molar-refractivity contribution in [2.75, 3.05) is 11.9 Å². The van der Waals surface area contributed by atoms with E-state index in [1.807, 2.05) is 37.3 Å². The maximum atomic E-state index is 12.7. The zero-order valence-electron chi connectivity index (χ0n) is 15.2. The molecule has 0 aliphatic carbocycles. The van der Waals surface area contributed by atoms with Crippen LogP contribution in [0.3, 0.4) is 0 Å².